The molecule has 0 aliphatic carbocycles. The maximum atomic E-state index is 12.3. The van der Waals surface area contributed by atoms with Crippen LogP contribution in [0.25, 0.3) is 0 Å². The van der Waals surface area contributed by atoms with Gasteiger partial charge >= 0.3 is 5.69 Å². The Morgan fingerprint density at radius 2 is 2.27 bits per heavy atom. The van der Waals surface area contributed by atoms with Crippen molar-refractivity contribution >= 4 is 17.3 Å². The number of hydrogen-bond donors (Lipinski definition) is 0. The van der Waals surface area contributed by atoms with E-state index in [9.17, 15) is 18.9 Å². The molecule has 0 fully saturated rings. The Morgan fingerprint density at radius 3 is 2.67 bits per heavy atom. The number of halogens is 3. The molecule has 1 rings (SSSR count). The van der Waals surface area contributed by atoms with Crippen LogP contribution in [0.5, 0.6) is 5.75 Å². The molecule has 0 saturated carbocycles. The SMILES string of the molecule is COc1cnc(C(F)F)c([N+](=O)[O-])c1Cl. The van der Waals surface area contributed by atoms with Crippen molar-refractivity contribution in [3.05, 3.63) is 27.0 Å². The summed E-state index contributed by atoms with van der Waals surface area (Å²) in [5.74, 6) is -0.118. The second kappa shape index (κ2) is 4.35. The summed E-state index contributed by atoms with van der Waals surface area (Å²) in [6, 6.07) is 0. The summed E-state index contributed by atoms with van der Waals surface area (Å²) in [6.07, 6.45) is -2.15. The first-order chi connectivity index (χ1) is 6.99. The van der Waals surface area contributed by atoms with Crippen LogP contribution < -0.4 is 4.74 Å². The topological polar surface area (TPSA) is 65.3 Å². The number of rotatable bonds is 3. The minimum atomic E-state index is -3.06. The maximum absolute atomic E-state index is 12.3. The molecular weight excluding hydrogens is 234 g/mol. The number of methoxy groups -OCH3 is 1. The summed E-state index contributed by atoms with van der Waals surface area (Å²) in [7, 11) is 1.20. The number of hydrogen-bond acceptors (Lipinski definition) is 4. The van der Waals surface area contributed by atoms with Crippen molar-refractivity contribution in [2.45, 2.75) is 6.43 Å². The Bertz CT molecular complexity index is 400. The van der Waals surface area contributed by atoms with Crippen LogP contribution in [0.4, 0.5) is 14.5 Å². The summed E-state index contributed by atoms with van der Waals surface area (Å²) >= 11 is 5.51. The molecule has 0 aliphatic rings. The van der Waals surface area contributed by atoms with E-state index in [0.717, 1.165) is 6.20 Å². The average molecular weight is 239 g/mol. The lowest BCUT2D eigenvalue weighted by Gasteiger charge is -2.05. The first-order valence-electron chi connectivity index (χ1n) is 3.64. The van der Waals surface area contributed by atoms with Crippen LogP contribution in [0.3, 0.4) is 0 Å². The molecule has 0 N–H and O–H groups in total. The Kier molecular flexibility index (Phi) is 3.35. The van der Waals surface area contributed by atoms with Gasteiger partial charge in [-0.2, -0.15) is 0 Å². The lowest BCUT2D eigenvalue weighted by Crippen LogP contribution is -2.01. The van der Waals surface area contributed by atoms with Gasteiger partial charge < -0.3 is 4.74 Å². The fraction of sp³-hybridized carbons (Fsp3) is 0.286. The van der Waals surface area contributed by atoms with Crippen molar-refractivity contribution in [2.24, 2.45) is 0 Å². The van der Waals surface area contributed by atoms with Crippen LogP contribution in [0.2, 0.25) is 5.02 Å². The van der Waals surface area contributed by atoms with E-state index < -0.39 is 27.8 Å². The summed E-state index contributed by atoms with van der Waals surface area (Å²) in [5, 5.41) is 10.0. The second-order valence-corrected chi connectivity index (χ2v) is 2.81. The highest BCUT2D eigenvalue weighted by Crippen LogP contribution is 2.38. The zero-order chi connectivity index (χ0) is 11.6. The minimum Gasteiger partial charge on any atom is -0.493 e. The Balaban J connectivity index is 3.44. The van der Waals surface area contributed by atoms with Gasteiger partial charge in [0.2, 0.25) is 0 Å². The molecule has 8 heteroatoms. The number of alkyl halides is 2. The highest BCUT2D eigenvalue weighted by atomic mass is 35.5. The van der Waals surface area contributed by atoms with Crippen LogP contribution in [0, 0.1) is 10.1 Å². The number of nitrogens with zero attached hydrogens (tertiary/aromatic N) is 2. The van der Waals surface area contributed by atoms with Crippen molar-refractivity contribution in [1.29, 1.82) is 0 Å². The molecule has 1 heterocycles. The van der Waals surface area contributed by atoms with Crippen molar-refractivity contribution in [3.63, 3.8) is 0 Å². The van der Waals surface area contributed by atoms with Gasteiger partial charge in [0, 0.05) is 0 Å². The first kappa shape index (κ1) is 11.6. The van der Waals surface area contributed by atoms with Gasteiger partial charge in [0.15, 0.2) is 16.5 Å². The molecule has 0 spiro atoms. The molecule has 5 nitrogen and oxygen atoms in total. The first-order valence-corrected chi connectivity index (χ1v) is 4.01. The number of ether oxygens (including phenoxy) is 1. The van der Waals surface area contributed by atoms with Gasteiger partial charge in [-0.15, -0.1) is 0 Å². The van der Waals surface area contributed by atoms with Crippen LogP contribution in [0.15, 0.2) is 6.20 Å². The van der Waals surface area contributed by atoms with E-state index in [0.29, 0.717) is 0 Å². The molecule has 1 aromatic heterocycles. The van der Waals surface area contributed by atoms with Gasteiger partial charge in [-0.1, -0.05) is 11.6 Å². The van der Waals surface area contributed by atoms with Crippen LogP contribution in [0.1, 0.15) is 12.1 Å². The number of aromatic nitrogens is 1. The molecule has 0 aliphatic heterocycles. The molecule has 0 amide bonds. The maximum Gasteiger partial charge on any atom is 0.318 e. The minimum absolute atomic E-state index is 0.118. The molecule has 0 unspecified atom stereocenters. The predicted molar refractivity (Wildman–Crippen MR) is 47.4 cm³/mol. The molecule has 1 aromatic rings. The van der Waals surface area contributed by atoms with E-state index in [2.05, 4.69) is 9.72 Å². The van der Waals surface area contributed by atoms with Gasteiger partial charge in [-0.3, -0.25) is 10.1 Å². The van der Waals surface area contributed by atoms with E-state index in [4.69, 9.17) is 11.6 Å². The number of nitro groups is 1. The third kappa shape index (κ3) is 2.12. The Hall–Kier alpha value is -1.50. The van der Waals surface area contributed by atoms with Crippen LogP contribution in [-0.4, -0.2) is 17.0 Å². The molecular formula is C7H5ClF2N2O3. The zero-order valence-electron chi connectivity index (χ0n) is 7.41. The highest BCUT2D eigenvalue weighted by Gasteiger charge is 2.29. The standard InChI is InChI=1S/C7H5ClF2N2O3/c1-15-3-2-11-5(7(9)10)6(4(3)8)12(13)14/h2,7H,1H3. The summed E-state index contributed by atoms with van der Waals surface area (Å²) in [6.45, 7) is 0. The quantitative estimate of drug-likeness (QED) is 0.600. The largest absolute Gasteiger partial charge is 0.493 e. The molecule has 0 radical (unpaired) electrons. The highest BCUT2D eigenvalue weighted by molar-refractivity contribution is 6.34. The lowest BCUT2D eigenvalue weighted by atomic mass is 10.3. The van der Waals surface area contributed by atoms with Crippen molar-refractivity contribution in [2.75, 3.05) is 7.11 Å². The summed E-state index contributed by atoms with van der Waals surface area (Å²) in [4.78, 5) is 12.7. The van der Waals surface area contributed by atoms with Crippen LogP contribution >= 0.6 is 11.6 Å². The Labute approximate surface area is 87.8 Å². The summed E-state index contributed by atoms with van der Waals surface area (Å²) < 4.78 is 29.3. The molecule has 0 atom stereocenters. The fourth-order valence-corrected chi connectivity index (χ4v) is 1.24. The Morgan fingerprint density at radius 1 is 1.67 bits per heavy atom. The smallest absolute Gasteiger partial charge is 0.318 e. The fourth-order valence-electron chi connectivity index (χ4n) is 0.951. The molecule has 0 bridgehead atoms. The van der Waals surface area contributed by atoms with Gasteiger partial charge in [-0.25, -0.2) is 13.8 Å². The number of pyridine rings is 1. The van der Waals surface area contributed by atoms with Gasteiger partial charge in [0.1, 0.15) is 0 Å². The normalized spacial score (nSPS) is 10.5. The third-order valence-corrected chi connectivity index (χ3v) is 1.96. The molecule has 0 aromatic carbocycles. The predicted octanol–water partition coefficient (Wildman–Crippen LogP) is 2.59. The zero-order valence-corrected chi connectivity index (χ0v) is 8.16. The van der Waals surface area contributed by atoms with E-state index in [1.54, 1.807) is 0 Å². The lowest BCUT2D eigenvalue weighted by molar-refractivity contribution is -0.386. The van der Waals surface area contributed by atoms with Gasteiger partial charge in [-0.05, 0) is 0 Å². The average Bonchev–Trinajstić information content (AvgIpc) is 2.16. The molecule has 0 saturated heterocycles. The molecule has 15 heavy (non-hydrogen) atoms. The van der Waals surface area contributed by atoms with Crippen LogP contribution in [-0.2, 0) is 0 Å². The van der Waals surface area contributed by atoms with E-state index in [-0.39, 0.29) is 5.75 Å². The van der Waals surface area contributed by atoms with E-state index in [1.807, 2.05) is 0 Å². The second-order valence-electron chi connectivity index (χ2n) is 2.43. The van der Waals surface area contributed by atoms with Crippen molar-refractivity contribution < 1.29 is 18.4 Å². The van der Waals surface area contributed by atoms with Gasteiger partial charge in [0.05, 0.1) is 18.2 Å². The van der Waals surface area contributed by atoms with Crippen molar-refractivity contribution in [1.82, 2.24) is 4.98 Å². The molecule has 82 valence electrons. The van der Waals surface area contributed by atoms with E-state index in [1.165, 1.54) is 7.11 Å². The van der Waals surface area contributed by atoms with Crippen molar-refractivity contribution in [3.8, 4) is 5.75 Å². The monoisotopic (exact) mass is 238 g/mol. The van der Waals surface area contributed by atoms with E-state index >= 15 is 0 Å². The summed E-state index contributed by atoms with van der Waals surface area (Å²) in [5.41, 5.74) is -1.89. The van der Waals surface area contributed by atoms with Gasteiger partial charge in [0.25, 0.3) is 6.43 Å². The third-order valence-electron chi connectivity index (χ3n) is 1.60.